The Morgan fingerprint density at radius 2 is 1.90 bits per heavy atom. The number of imide groups is 1. The number of ether oxygens (including phenoxy) is 1. The van der Waals surface area contributed by atoms with Gasteiger partial charge in [-0.05, 0) is 30.2 Å². The Hall–Kier alpha value is -1.69. The van der Waals surface area contributed by atoms with Gasteiger partial charge in [-0.2, -0.15) is 0 Å². The third-order valence-electron chi connectivity index (χ3n) is 2.35. The number of rotatable bonds is 6. The molecule has 0 aliphatic carbocycles. The first-order valence-electron chi connectivity index (χ1n) is 6.35. The monoisotopic (exact) mass is 296 g/mol. The summed E-state index contributed by atoms with van der Waals surface area (Å²) in [5.74, 6) is 1.00. The number of amides is 3. The van der Waals surface area contributed by atoms with E-state index in [4.69, 9.17) is 4.74 Å². The molecule has 1 aromatic carbocycles. The van der Waals surface area contributed by atoms with Crippen molar-refractivity contribution in [2.75, 3.05) is 19.4 Å². The summed E-state index contributed by atoms with van der Waals surface area (Å²) >= 11 is 1.37. The molecule has 110 valence electrons. The number of benzene rings is 1. The molecule has 1 rings (SSSR count). The third-order valence-corrected chi connectivity index (χ3v) is 3.37. The lowest BCUT2D eigenvalue weighted by Crippen LogP contribution is -2.41. The molecule has 0 radical (unpaired) electrons. The molecule has 0 aromatic heterocycles. The molecule has 1 aromatic rings. The molecule has 2 N–H and O–H groups in total. The molecule has 5 nitrogen and oxygen atoms in total. The smallest absolute Gasteiger partial charge is 0.321 e. The predicted molar refractivity (Wildman–Crippen MR) is 80.1 cm³/mol. The number of carbonyl (C=O) groups is 2. The van der Waals surface area contributed by atoms with Crippen LogP contribution in [0.25, 0.3) is 0 Å². The lowest BCUT2D eigenvalue weighted by molar-refractivity contribution is -0.117. The average Bonchev–Trinajstić information content (AvgIpc) is 2.43. The zero-order chi connectivity index (χ0) is 15.0. The molecule has 0 saturated carbocycles. The fourth-order valence-electron chi connectivity index (χ4n) is 1.32. The van der Waals surface area contributed by atoms with Crippen LogP contribution in [0.1, 0.15) is 13.8 Å². The Balaban J connectivity index is 2.30. The number of urea groups is 1. The van der Waals surface area contributed by atoms with Gasteiger partial charge in [-0.15, -0.1) is 11.8 Å². The minimum Gasteiger partial charge on any atom is -0.497 e. The molecule has 0 fully saturated rings. The number of hydrogen-bond donors (Lipinski definition) is 2. The highest BCUT2D eigenvalue weighted by molar-refractivity contribution is 8.00. The van der Waals surface area contributed by atoms with Gasteiger partial charge in [0, 0.05) is 11.4 Å². The summed E-state index contributed by atoms with van der Waals surface area (Å²) in [4.78, 5) is 23.9. The van der Waals surface area contributed by atoms with Crippen LogP contribution in [-0.4, -0.2) is 31.3 Å². The Morgan fingerprint density at radius 3 is 2.45 bits per heavy atom. The summed E-state index contributed by atoms with van der Waals surface area (Å²) in [5.41, 5.74) is 0. The maximum atomic E-state index is 11.6. The van der Waals surface area contributed by atoms with Crippen molar-refractivity contribution in [2.45, 2.75) is 18.7 Å². The third kappa shape index (κ3) is 6.47. The van der Waals surface area contributed by atoms with Crippen molar-refractivity contribution in [3.8, 4) is 5.75 Å². The number of hydrogen-bond acceptors (Lipinski definition) is 4. The summed E-state index contributed by atoms with van der Waals surface area (Å²) < 4.78 is 5.05. The van der Waals surface area contributed by atoms with Crippen LogP contribution in [0.5, 0.6) is 5.75 Å². The highest BCUT2D eigenvalue weighted by Crippen LogP contribution is 2.20. The fourth-order valence-corrected chi connectivity index (χ4v) is 2.02. The Morgan fingerprint density at radius 1 is 1.25 bits per heavy atom. The standard InChI is InChI=1S/C14H20N2O3S/c1-10(2)8-15-14(18)16-13(17)9-20-12-6-4-11(19-3)5-7-12/h4-7,10H,8-9H2,1-3H3,(H2,15,16,17,18). The SMILES string of the molecule is COc1ccc(SCC(=O)NC(=O)NCC(C)C)cc1. The fraction of sp³-hybridized carbons (Fsp3) is 0.429. The van der Waals surface area contributed by atoms with Crippen LogP contribution in [0.15, 0.2) is 29.2 Å². The second-order valence-corrected chi connectivity index (χ2v) is 5.67. The van der Waals surface area contributed by atoms with E-state index in [1.165, 1.54) is 11.8 Å². The molecule has 0 unspecified atom stereocenters. The van der Waals surface area contributed by atoms with Crippen molar-refractivity contribution in [3.05, 3.63) is 24.3 Å². The highest BCUT2D eigenvalue weighted by atomic mass is 32.2. The molecule has 6 heteroatoms. The van der Waals surface area contributed by atoms with Gasteiger partial charge in [0.25, 0.3) is 0 Å². The first-order chi connectivity index (χ1) is 9.51. The molecule has 0 spiro atoms. The Labute approximate surface area is 123 Å². The zero-order valence-corrected chi connectivity index (χ0v) is 12.8. The summed E-state index contributed by atoms with van der Waals surface area (Å²) in [7, 11) is 1.60. The number of methoxy groups -OCH3 is 1. The van der Waals surface area contributed by atoms with Crippen molar-refractivity contribution in [3.63, 3.8) is 0 Å². The first kappa shape index (κ1) is 16.4. The molecule has 20 heavy (non-hydrogen) atoms. The van der Waals surface area contributed by atoms with Crippen LogP contribution in [0.4, 0.5) is 4.79 Å². The van der Waals surface area contributed by atoms with Crippen molar-refractivity contribution < 1.29 is 14.3 Å². The van der Waals surface area contributed by atoms with Crippen molar-refractivity contribution in [2.24, 2.45) is 5.92 Å². The van der Waals surface area contributed by atoms with E-state index in [-0.39, 0.29) is 11.7 Å². The summed E-state index contributed by atoms with van der Waals surface area (Å²) in [6.45, 7) is 4.52. The van der Waals surface area contributed by atoms with E-state index in [2.05, 4.69) is 10.6 Å². The van der Waals surface area contributed by atoms with E-state index in [0.29, 0.717) is 12.5 Å². The second-order valence-electron chi connectivity index (χ2n) is 4.62. The van der Waals surface area contributed by atoms with Gasteiger partial charge in [-0.3, -0.25) is 10.1 Å². The van der Waals surface area contributed by atoms with Crippen LogP contribution < -0.4 is 15.4 Å². The summed E-state index contributed by atoms with van der Waals surface area (Å²) in [5, 5.41) is 4.92. The Bertz CT molecular complexity index is 446. The minimum absolute atomic E-state index is 0.196. The molecule has 0 heterocycles. The Kier molecular flexibility index (Phi) is 6.93. The van der Waals surface area contributed by atoms with Gasteiger partial charge >= 0.3 is 6.03 Å². The lowest BCUT2D eigenvalue weighted by atomic mass is 10.2. The van der Waals surface area contributed by atoms with Crippen LogP contribution >= 0.6 is 11.8 Å². The van der Waals surface area contributed by atoms with Gasteiger partial charge in [0.15, 0.2) is 0 Å². The molecule has 0 aliphatic rings. The van der Waals surface area contributed by atoms with Crippen molar-refractivity contribution in [1.82, 2.24) is 10.6 Å². The van der Waals surface area contributed by atoms with E-state index in [1.807, 2.05) is 38.1 Å². The van der Waals surface area contributed by atoms with Crippen LogP contribution in [0.2, 0.25) is 0 Å². The van der Waals surface area contributed by atoms with E-state index >= 15 is 0 Å². The minimum atomic E-state index is -0.445. The summed E-state index contributed by atoms with van der Waals surface area (Å²) in [6, 6.07) is 6.95. The zero-order valence-electron chi connectivity index (χ0n) is 11.9. The van der Waals surface area contributed by atoms with Gasteiger partial charge in [-0.25, -0.2) is 4.79 Å². The van der Waals surface area contributed by atoms with Crippen molar-refractivity contribution >= 4 is 23.7 Å². The van der Waals surface area contributed by atoms with Gasteiger partial charge < -0.3 is 10.1 Å². The molecular formula is C14H20N2O3S. The van der Waals surface area contributed by atoms with E-state index in [1.54, 1.807) is 7.11 Å². The van der Waals surface area contributed by atoms with Crippen LogP contribution in [0, 0.1) is 5.92 Å². The van der Waals surface area contributed by atoms with E-state index < -0.39 is 6.03 Å². The molecule has 0 atom stereocenters. The molecule has 0 saturated heterocycles. The maximum absolute atomic E-state index is 11.6. The molecular weight excluding hydrogens is 276 g/mol. The molecule has 3 amide bonds. The summed E-state index contributed by atoms with van der Waals surface area (Å²) in [6.07, 6.45) is 0. The maximum Gasteiger partial charge on any atom is 0.321 e. The molecule has 0 aliphatic heterocycles. The number of thioether (sulfide) groups is 1. The van der Waals surface area contributed by atoms with Gasteiger partial charge in [0.1, 0.15) is 5.75 Å². The quantitative estimate of drug-likeness (QED) is 0.790. The topological polar surface area (TPSA) is 67.4 Å². The van der Waals surface area contributed by atoms with Gasteiger partial charge in [-0.1, -0.05) is 13.8 Å². The average molecular weight is 296 g/mol. The number of carbonyl (C=O) groups excluding carboxylic acids is 2. The van der Waals surface area contributed by atoms with E-state index in [9.17, 15) is 9.59 Å². The van der Waals surface area contributed by atoms with Gasteiger partial charge in [0.05, 0.1) is 12.9 Å². The second kappa shape index (κ2) is 8.47. The number of nitrogens with one attached hydrogen (secondary N) is 2. The largest absolute Gasteiger partial charge is 0.497 e. The van der Waals surface area contributed by atoms with E-state index in [0.717, 1.165) is 10.6 Å². The lowest BCUT2D eigenvalue weighted by Gasteiger charge is -2.08. The van der Waals surface area contributed by atoms with Gasteiger partial charge in [0.2, 0.25) is 5.91 Å². The van der Waals surface area contributed by atoms with Crippen LogP contribution in [-0.2, 0) is 4.79 Å². The highest BCUT2D eigenvalue weighted by Gasteiger charge is 2.08. The van der Waals surface area contributed by atoms with Crippen molar-refractivity contribution in [1.29, 1.82) is 0 Å². The normalized spacial score (nSPS) is 10.2. The predicted octanol–water partition coefficient (Wildman–Crippen LogP) is 2.27. The molecule has 0 bridgehead atoms. The van der Waals surface area contributed by atoms with Crippen LogP contribution in [0.3, 0.4) is 0 Å². The first-order valence-corrected chi connectivity index (χ1v) is 7.34.